The van der Waals surface area contributed by atoms with Crippen LogP contribution in [-0.4, -0.2) is 48.6 Å². The van der Waals surface area contributed by atoms with Crippen molar-refractivity contribution in [3.05, 3.63) is 60.4 Å². The van der Waals surface area contributed by atoms with Crippen LogP contribution in [0.2, 0.25) is 0 Å². The molecule has 3 aromatic rings. The van der Waals surface area contributed by atoms with E-state index in [1.165, 1.54) is 12.1 Å². The number of piperidine rings is 1. The van der Waals surface area contributed by atoms with Crippen LogP contribution in [-0.2, 0) is 9.59 Å². The van der Waals surface area contributed by atoms with Gasteiger partial charge in [-0.3, -0.25) is 14.4 Å². The minimum absolute atomic E-state index is 0.0882. The number of carbonyl (C=O) groups is 3. The van der Waals surface area contributed by atoms with Crippen molar-refractivity contribution >= 4 is 34.4 Å². The van der Waals surface area contributed by atoms with Crippen molar-refractivity contribution in [3.8, 4) is 5.75 Å². The maximum Gasteiger partial charge on any atom is 0.573 e. The quantitative estimate of drug-likeness (QED) is 0.529. The Kier molecular flexibility index (Phi) is 6.94. The molecule has 0 aliphatic carbocycles. The number of hydrogen-bond donors (Lipinski definition) is 2. The molecule has 1 saturated heterocycles. The van der Waals surface area contributed by atoms with Gasteiger partial charge in [-0.15, -0.1) is 13.2 Å². The number of furan rings is 1. The van der Waals surface area contributed by atoms with Gasteiger partial charge in [-0.2, -0.15) is 0 Å². The summed E-state index contributed by atoms with van der Waals surface area (Å²) in [4.78, 5) is 38.6. The Morgan fingerprint density at radius 3 is 2.34 bits per heavy atom. The second-order valence-corrected chi connectivity index (χ2v) is 8.12. The van der Waals surface area contributed by atoms with Crippen LogP contribution in [0.4, 0.5) is 18.9 Å². The maximum absolute atomic E-state index is 12.7. The Morgan fingerprint density at radius 2 is 1.69 bits per heavy atom. The van der Waals surface area contributed by atoms with Crippen molar-refractivity contribution in [1.82, 2.24) is 10.2 Å². The van der Waals surface area contributed by atoms with Gasteiger partial charge >= 0.3 is 18.2 Å². The Morgan fingerprint density at radius 1 is 1.00 bits per heavy atom. The Bertz CT molecular complexity index is 1180. The number of nitrogens with zero attached hydrogens (tertiary/aromatic N) is 1. The molecule has 1 aromatic heterocycles. The van der Waals surface area contributed by atoms with Gasteiger partial charge in [0.05, 0.1) is 0 Å². The number of amides is 3. The predicted octanol–water partition coefficient (Wildman–Crippen LogP) is 3.94. The van der Waals surface area contributed by atoms with Crippen molar-refractivity contribution in [3.63, 3.8) is 0 Å². The SMILES string of the molecule is O=C(NCC1CCN(C(=O)c2cc3ccccc3o2)CC1)C(=O)Nc1ccc(OC(F)(F)F)cc1. The monoisotopic (exact) mass is 489 g/mol. The summed E-state index contributed by atoms with van der Waals surface area (Å²) in [6.45, 7) is 1.25. The van der Waals surface area contributed by atoms with E-state index in [4.69, 9.17) is 4.42 Å². The molecule has 0 bridgehead atoms. The lowest BCUT2D eigenvalue weighted by atomic mass is 9.96. The molecule has 0 unspecified atom stereocenters. The molecule has 184 valence electrons. The molecule has 1 fully saturated rings. The van der Waals surface area contributed by atoms with Crippen molar-refractivity contribution in [2.45, 2.75) is 19.2 Å². The van der Waals surface area contributed by atoms with Crippen LogP contribution in [0.25, 0.3) is 11.0 Å². The lowest BCUT2D eigenvalue weighted by Crippen LogP contribution is -2.43. The van der Waals surface area contributed by atoms with E-state index < -0.39 is 23.9 Å². The third-order valence-corrected chi connectivity index (χ3v) is 5.64. The van der Waals surface area contributed by atoms with Gasteiger partial charge in [0.25, 0.3) is 5.91 Å². The van der Waals surface area contributed by atoms with Gasteiger partial charge in [0.1, 0.15) is 11.3 Å². The van der Waals surface area contributed by atoms with Crippen molar-refractivity contribution in [2.75, 3.05) is 25.0 Å². The van der Waals surface area contributed by atoms with Gasteiger partial charge in [0.2, 0.25) is 0 Å². The number of likely N-dealkylation sites (tertiary alicyclic amines) is 1. The summed E-state index contributed by atoms with van der Waals surface area (Å²) in [6.07, 6.45) is -3.52. The number of carbonyl (C=O) groups excluding carboxylic acids is 3. The zero-order valence-corrected chi connectivity index (χ0v) is 18.4. The number of anilines is 1. The standard InChI is InChI=1S/C24H22F3N3O5/c25-24(26,27)35-18-7-5-17(6-8-18)29-22(32)21(31)28-14-15-9-11-30(12-10-15)23(33)20-13-16-3-1-2-4-19(16)34-20/h1-8,13,15H,9-12,14H2,(H,28,31)(H,29,32). The summed E-state index contributed by atoms with van der Waals surface area (Å²) in [7, 11) is 0. The average Bonchev–Trinajstić information content (AvgIpc) is 3.27. The fraction of sp³-hybridized carbons (Fsp3) is 0.292. The van der Waals surface area contributed by atoms with Crippen molar-refractivity contribution in [2.24, 2.45) is 5.92 Å². The van der Waals surface area contributed by atoms with E-state index in [0.717, 1.165) is 17.5 Å². The van der Waals surface area contributed by atoms with E-state index >= 15 is 0 Å². The van der Waals surface area contributed by atoms with Crippen LogP contribution in [0.15, 0.2) is 59.0 Å². The fourth-order valence-electron chi connectivity index (χ4n) is 3.83. The summed E-state index contributed by atoms with van der Waals surface area (Å²) in [5.41, 5.74) is 0.800. The highest BCUT2D eigenvalue weighted by Gasteiger charge is 2.31. The zero-order chi connectivity index (χ0) is 25.0. The maximum atomic E-state index is 12.7. The topological polar surface area (TPSA) is 101 Å². The molecule has 0 radical (unpaired) electrons. The van der Waals surface area contributed by atoms with E-state index in [2.05, 4.69) is 15.4 Å². The van der Waals surface area contributed by atoms with Crippen molar-refractivity contribution in [1.29, 1.82) is 0 Å². The smallest absolute Gasteiger partial charge is 0.451 e. The number of halogens is 3. The van der Waals surface area contributed by atoms with Gasteiger partial charge in [0.15, 0.2) is 5.76 Å². The molecule has 2 heterocycles. The summed E-state index contributed by atoms with van der Waals surface area (Å²) in [5.74, 6) is -2.05. The van der Waals surface area contributed by atoms with Gasteiger partial charge in [0, 0.05) is 30.7 Å². The molecular formula is C24H22F3N3O5. The Balaban J connectivity index is 1.20. The largest absolute Gasteiger partial charge is 0.573 e. The fourth-order valence-corrected chi connectivity index (χ4v) is 3.83. The molecule has 2 N–H and O–H groups in total. The lowest BCUT2D eigenvalue weighted by molar-refractivity contribution is -0.274. The first-order valence-corrected chi connectivity index (χ1v) is 10.9. The van der Waals surface area contributed by atoms with Crippen LogP contribution in [0, 0.1) is 5.92 Å². The highest BCUT2D eigenvalue weighted by atomic mass is 19.4. The van der Waals surface area contributed by atoms with Gasteiger partial charge in [-0.05, 0) is 55.2 Å². The second kappa shape index (κ2) is 10.1. The molecule has 1 aliphatic rings. The first kappa shape index (κ1) is 24.1. The van der Waals surface area contributed by atoms with Crippen molar-refractivity contribution < 1.29 is 36.7 Å². The summed E-state index contributed by atoms with van der Waals surface area (Å²) < 4.78 is 46.0. The Labute approximate surface area is 198 Å². The third-order valence-electron chi connectivity index (χ3n) is 5.64. The number of alkyl halides is 3. The number of para-hydroxylation sites is 1. The molecule has 35 heavy (non-hydrogen) atoms. The Hall–Kier alpha value is -4.02. The van der Waals surface area contributed by atoms with Gasteiger partial charge < -0.3 is 24.7 Å². The number of fused-ring (bicyclic) bond motifs is 1. The van der Waals surface area contributed by atoms with Crippen LogP contribution in [0.3, 0.4) is 0 Å². The van der Waals surface area contributed by atoms with E-state index in [1.807, 2.05) is 18.2 Å². The molecule has 8 nitrogen and oxygen atoms in total. The minimum atomic E-state index is -4.82. The summed E-state index contributed by atoms with van der Waals surface area (Å²) >= 11 is 0. The third kappa shape index (κ3) is 6.31. The molecule has 0 atom stereocenters. The highest BCUT2D eigenvalue weighted by Crippen LogP contribution is 2.25. The summed E-state index contributed by atoms with van der Waals surface area (Å²) in [5, 5.41) is 5.74. The molecule has 1 aliphatic heterocycles. The predicted molar refractivity (Wildman–Crippen MR) is 120 cm³/mol. The van der Waals surface area contributed by atoms with E-state index in [0.29, 0.717) is 31.5 Å². The van der Waals surface area contributed by atoms with E-state index in [-0.39, 0.29) is 29.8 Å². The lowest BCUT2D eigenvalue weighted by Gasteiger charge is -2.31. The highest BCUT2D eigenvalue weighted by molar-refractivity contribution is 6.39. The number of nitrogens with one attached hydrogen (secondary N) is 2. The summed E-state index contributed by atoms with van der Waals surface area (Å²) in [6, 6.07) is 13.6. The normalized spacial score (nSPS) is 14.5. The van der Waals surface area contributed by atoms with Gasteiger partial charge in [-0.25, -0.2) is 0 Å². The van der Waals surface area contributed by atoms with Crippen LogP contribution >= 0.6 is 0 Å². The first-order valence-electron chi connectivity index (χ1n) is 10.9. The zero-order valence-electron chi connectivity index (χ0n) is 18.4. The number of hydrogen-bond acceptors (Lipinski definition) is 5. The second-order valence-electron chi connectivity index (χ2n) is 8.12. The van der Waals surface area contributed by atoms with Gasteiger partial charge in [-0.1, -0.05) is 18.2 Å². The molecule has 0 saturated carbocycles. The molecule has 0 spiro atoms. The molecule has 3 amide bonds. The van der Waals surface area contributed by atoms with E-state index in [9.17, 15) is 27.6 Å². The van der Waals surface area contributed by atoms with Crippen LogP contribution in [0.5, 0.6) is 5.75 Å². The number of benzene rings is 2. The van der Waals surface area contributed by atoms with Crippen LogP contribution in [0.1, 0.15) is 23.4 Å². The molecule has 2 aromatic carbocycles. The average molecular weight is 489 g/mol. The number of rotatable bonds is 5. The minimum Gasteiger partial charge on any atom is -0.451 e. The first-order chi connectivity index (χ1) is 16.7. The molecular weight excluding hydrogens is 467 g/mol. The van der Waals surface area contributed by atoms with E-state index in [1.54, 1.807) is 17.0 Å². The molecule has 4 rings (SSSR count). The number of ether oxygens (including phenoxy) is 1. The van der Waals surface area contributed by atoms with Crippen LogP contribution < -0.4 is 15.4 Å². The molecule has 11 heteroatoms.